The van der Waals surface area contributed by atoms with E-state index in [9.17, 15) is 0 Å². The standard InChI is InChI=1S/C9H21S/c1-5-7-10(8-6-2)9(3)4/h9H,5-8H2,1-4H3/q+1. The normalized spacial score (nSPS) is 11.4. The Kier molecular flexibility index (Phi) is 6.30. The van der Waals surface area contributed by atoms with Gasteiger partial charge in [-0.15, -0.1) is 0 Å². The van der Waals surface area contributed by atoms with Crippen LogP contribution in [0.2, 0.25) is 0 Å². The fraction of sp³-hybridized carbons (Fsp3) is 1.00. The lowest BCUT2D eigenvalue weighted by molar-refractivity contribution is 1.01. The number of hydrogen-bond donors (Lipinski definition) is 0. The highest BCUT2D eigenvalue weighted by Gasteiger charge is 2.19. The number of hydrogen-bond acceptors (Lipinski definition) is 0. The van der Waals surface area contributed by atoms with E-state index >= 15 is 0 Å². The molecule has 0 aliphatic rings. The molecule has 0 heterocycles. The summed E-state index contributed by atoms with van der Waals surface area (Å²) >= 11 is 0. The molecule has 0 nitrogen and oxygen atoms in total. The maximum absolute atomic E-state index is 2.36. The van der Waals surface area contributed by atoms with Gasteiger partial charge in [-0.05, 0) is 37.6 Å². The van der Waals surface area contributed by atoms with Gasteiger partial charge in [0.2, 0.25) is 0 Å². The molecule has 0 unspecified atom stereocenters. The lowest BCUT2D eigenvalue weighted by Gasteiger charge is -2.09. The Labute approximate surface area is 68.7 Å². The van der Waals surface area contributed by atoms with Gasteiger partial charge in [0.15, 0.2) is 0 Å². The average Bonchev–Trinajstić information content (AvgIpc) is 1.87. The third-order valence-electron chi connectivity index (χ3n) is 1.60. The minimum atomic E-state index is 0.724. The fourth-order valence-electron chi connectivity index (χ4n) is 1.10. The van der Waals surface area contributed by atoms with Crippen molar-refractivity contribution in [2.75, 3.05) is 11.5 Å². The Hall–Kier alpha value is 0.350. The maximum atomic E-state index is 2.36. The third-order valence-corrected chi connectivity index (χ3v) is 4.80. The lowest BCUT2D eigenvalue weighted by Crippen LogP contribution is -2.21. The van der Waals surface area contributed by atoms with Crippen molar-refractivity contribution in [1.29, 1.82) is 0 Å². The van der Waals surface area contributed by atoms with Gasteiger partial charge in [0, 0.05) is 0 Å². The molecule has 0 bridgehead atoms. The highest BCUT2D eigenvalue weighted by molar-refractivity contribution is 7.97. The van der Waals surface area contributed by atoms with Crippen molar-refractivity contribution in [3.05, 3.63) is 0 Å². The number of rotatable bonds is 5. The molecule has 0 aliphatic heterocycles. The maximum Gasteiger partial charge on any atom is 0.112 e. The van der Waals surface area contributed by atoms with Crippen molar-refractivity contribution in [3.8, 4) is 0 Å². The van der Waals surface area contributed by atoms with Crippen molar-refractivity contribution in [2.45, 2.75) is 45.8 Å². The van der Waals surface area contributed by atoms with Crippen LogP contribution in [0, 0.1) is 0 Å². The summed E-state index contributed by atoms with van der Waals surface area (Å²) in [6, 6.07) is 0. The van der Waals surface area contributed by atoms with Crippen LogP contribution in [0.15, 0.2) is 0 Å². The van der Waals surface area contributed by atoms with Gasteiger partial charge in [-0.25, -0.2) is 0 Å². The summed E-state index contributed by atoms with van der Waals surface area (Å²) in [6.07, 6.45) is 2.72. The van der Waals surface area contributed by atoms with E-state index in [0.717, 1.165) is 16.1 Å². The molecular weight excluding hydrogens is 140 g/mol. The molecule has 0 fully saturated rings. The second-order valence-electron chi connectivity index (χ2n) is 2.99. The molecule has 0 aromatic rings. The minimum absolute atomic E-state index is 0.724. The molecule has 0 radical (unpaired) electrons. The largest absolute Gasteiger partial charge is 0.112 e. The molecule has 0 spiro atoms. The Bertz CT molecular complexity index is 63.1. The predicted octanol–water partition coefficient (Wildman–Crippen LogP) is 2.83. The van der Waals surface area contributed by atoms with Crippen LogP contribution in [0.25, 0.3) is 0 Å². The van der Waals surface area contributed by atoms with Crippen molar-refractivity contribution >= 4 is 10.9 Å². The van der Waals surface area contributed by atoms with E-state index < -0.39 is 0 Å². The van der Waals surface area contributed by atoms with Gasteiger partial charge in [-0.2, -0.15) is 0 Å². The average molecular weight is 161 g/mol. The monoisotopic (exact) mass is 161 g/mol. The summed E-state index contributed by atoms with van der Waals surface area (Å²) in [7, 11) is 0.724. The van der Waals surface area contributed by atoms with E-state index in [0.29, 0.717) is 0 Å². The SMILES string of the molecule is CCC[S+](CCC)C(C)C. The van der Waals surface area contributed by atoms with E-state index in [1.165, 1.54) is 24.3 Å². The molecule has 0 aliphatic carbocycles. The van der Waals surface area contributed by atoms with Gasteiger partial charge in [-0.1, -0.05) is 13.8 Å². The van der Waals surface area contributed by atoms with Gasteiger partial charge in [0.05, 0.1) is 0 Å². The van der Waals surface area contributed by atoms with Crippen molar-refractivity contribution < 1.29 is 0 Å². The van der Waals surface area contributed by atoms with Gasteiger partial charge in [-0.3, -0.25) is 0 Å². The predicted molar refractivity (Wildman–Crippen MR) is 52.8 cm³/mol. The molecule has 0 saturated carbocycles. The van der Waals surface area contributed by atoms with Gasteiger partial charge >= 0.3 is 0 Å². The molecular formula is C9H21S+. The molecule has 0 amide bonds. The second-order valence-corrected chi connectivity index (χ2v) is 5.83. The quantitative estimate of drug-likeness (QED) is 0.544. The first-order valence-corrected chi connectivity index (χ1v) is 6.01. The molecule has 0 N–H and O–H groups in total. The first-order chi connectivity index (χ1) is 4.72. The molecule has 1 heteroatoms. The van der Waals surface area contributed by atoms with Crippen molar-refractivity contribution in [3.63, 3.8) is 0 Å². The third kappa shape index (κ3) is 4.21. The van der Waals surface area contributed by atoms with Crippen LogP contribution >= 0.6 is 0 Å². The van der Waals surface area contributed by atoms with Crippen LogP contribution < -0.4 is 0 Å². The van der Waals surface area contributed by atoms with Crippen LogP contribution in [-0.2, 0) is 10.9 Å². The van der Waals surface area contributed by atoms with Crippen LogP contribution in [0.1, 0.15) is 40.5 Å². The minimum Gasteiger partial charge on any atom is -0.0609 e. The second kappa shape index (κ2) is 6.09. The summed E-state index contributed by atoms with van der Waals surface area (Å²) in [5.74, 6) is 2.90. The lowest BCUT2D eigenvalue weighted by atomic mass is 10.5. The van der Waals surface area contributed by atoms with Crippen LogP contribution in [0.3, 0.4) is 0 Å². The Morgan fingerprint density at radius 2 is 1.40 bits per heavy atom. The van der Waals surface area contributed by atoms with E-state index in [-0.39, 0.29) is 0 Å². The smallest absolute Gasteiger partial charge is 0.0609 e. The van der Waals surface area contributed by atoms with Crippen molar-refractivity contribution in [2.24, 2.45) is 0 Å². The van der Waals surface area contributed by atoms with E-state index in [1.54, 1.807) is 0 Å². The molecule has 0 rings (SSSR count). The zero-order valence-corrected chi connectivity index (χ0v) is 8.63. The molecule has 0 saturated heterocycles. The summed E-state index contributed by atoms with van der Waals surface area (Å²) in [5.41, 5.74) is 0. The molecule has 0 aromatic heterocycles. The van der Waals surface area contributed by atoms with Gasteiger partial charge in [0.1, 0.15) is 16.8 Å². The molecule has 0 atom stereocenters. The van der Waals surface area contributed by atoms with E-state index in [4.69, 9.17) is 0 Å². The van der Waals surface area contributed by atoms with Crippen LogP contribution in [0.5, 0.6) is 0 Å². The zero-order valence-electron chi connectivity index (χ0n) is 7.81. The van der Waals surface area contributed by atoms with E-state index in [2.05, 4.69) is 27.7 Å². The van der Waals surface area contributed by atoms with Gasteiger partial charge < -0.3 is 0 Å². The summed E-state index contributed by atoms with van der Waals surface area (Å²) in [4.78, 5) is 0. The first kappa shape index (κ1) is 10.3. The highest BCUT2D eigenvalue weighted by Crippen LogP contribution is 2.08. The summed E-state index contributed by atoms with van der Waals surface area (Å²) < 4.78 is 0. The highest BCUT2D eigenvalue weighted by atomic mass is 32.2. The fourth-order valence-corrected chi connectivity index (χ4v) is 3.29. The summed E-state index contributed by atoms with van der Waals surface area (Å²) in [5, 5.41) is 0.917. The molecule has 0 aromatic carbocycles. The molecule has 62 valence electrons. The van der Waals surface area contributed by atoms with Crippen LogP contribution in [0.4, 0.5) is 0 Å². The first-order valence-electron chi connectivity index (χ1n) is 4.38. The Morgan fingerprint density at radius 3 is 1.60 bits per heavy atom. The van der Waals surface area contributed by atoms with E-state index in [1.807, 2.05) is 0 Å². The van der Waals surface area contributed by atoms with Crippen LogP contribution in [-0.4, -0.2) is 16.8 Å². The van der Waals surface area contributed by atoms with Gasteiger partial charge in [0.25, 0.3) is 0 Å². The van der Waals surface area contributed by atoms with Crippen molar-refractivity contribution in [1.82, 2.24) is 0 Å². The Balaban J connectivity index is 3.50. The zero-order chi connectivity index (χ0) is 7.98. The summed E-state index contributed by atoms with van der Waals surface area (Å²) in [6.45, 7) is 9.29. The topological polar surface area (TPSA) is 0 Å². The molecule has 10 heavy (non-hydrogen) atoms. The Morgan fingerprint density at radius 1 is 1.00 bits per heavy atom.